The van der Waals surface area contributed by atoms with Crippen LogP contribution in [0.2, 0.25) is 0 Å². The average Bonchev–Trinajstić information content (AvgIpc) is 2.87. The molecule has 1 fully saturated rings. The summed E-state index contributed by atoms with van der Waals surface area (Å²) in [5.74, 6) is -0.00745. The molecule has 2 atom stereocenters. The molecule has 10 heteroatoms. The minimum atomic E-state index is -4.52. The van der Waals surface area contributed by atoms with Gasteiger partial charge in [0.1, 0.15) is 17.9 Å². The predicted molar refractivity (Wildman–Crippen MR) is 142 cm³/mol. The van der Waals surface area contributed by atoms with Crippen LogP contribution in [0, 0.1) is 0 Å². The molecule has 2 aromatic rings. The summed E-state index contributed by atoms with van der Waals surface area (Å²) in [7, 11) is 1.52. The third kappa shape index (κ3) is 7.03. The Kier molecular flexibility index (Phi) is 8.44. The van der Waals surface area contributed by atoms with Crippen LogP contribution in [0.1, 0.15) is 62.8 Å². The lowest BCUT2D eigenvalue weighted by Gasteiger charge is -2.42. The Morgan fingerprint density at radius 1 is 1.10 bits per heavy atom. The molecule has 0 bridgehead atoms. The number of alkyl halides is 3. The van der Waals surface area contributed by atoms with Gasteiger partial charge in [0.15, 0.2) is 0 Å². The molecule has 212 valence electrons. The SMILES string of the molecule is COc1cc2c(cc1CN[C@H]1CCCN(C(=O)OC(C)(C)C)[C@H]1c1ccccc1)N(CC(F)(F)F)C(=O)CC2. The van der Waals surface area contributed by atoms with Crippen molar-refractivity contribution in [2.24, 2.45) is 0 Å². The Morgan fingerprint density at radius 3 is 2.46 bits per heavy atom. The van der Waals surface area contributed by atoms with Crippen molar-refractivity contribution >= 4 is 17.7 Å². The maximum atomic E-state index is 13.3. The van der Waals surface area contributed by atoms with Crippen molar-refractivity contribution in [1.82, 2.24) is 10.2 Å². The van der Waals surface area contributed by atoms with E-state index in [2.05, 4.69) is 5.32 Å². The average molecular weight is 548 g/mol. The number of fused-ring (bicyclic) bond motifs is 1. The third-order valence-electron chi connectivity index (χ3n) is 6.97. The van der Waals surface area contributed by atoms with Crippen LogP contribution in [-0.4, -0.2) is 54.9 Å². The Bertz CT molecular complexity index is 1180. The first-order valence-corrected chi connectivity index (χ1v) is 13.2. The summed E-state index contributed by atoms with van der Waals surface area (Å²) in [5, 5.41) is 3.53. The maximum Gasteiger partial charge on any atom is 0.410 e. The third-order valence-corrected chi connectivity index (χ3v) is 6.97. The number of halogens is 3. The summed E-state index contributed by atoms with van der Waals surface area (Å²) in [6.07, 6.45) is -2.99. The van der Waals surface area contributed by atoms with Gasteiger partial charge in [0.25, 0.3) is 0 Å². The van der Waals surface area contributed by atoms with Crippen LogP contribution in [0.5, 0.6) is 5.75 Å². The number of piperidine rings is 1. The number of methoxy groups -OCH3 is 1. The van der Waals surface area contributed by atoms with Gasteiger partial charge in [-0.15, -0.1) is 0 Å². The molecule has 0 saturated carbocycles. The molecule has 4 rings (SSSR count). The second kappa shape index (κ2) is 11.5. The summed E-state index contributed by atoms with van der Waals surface area (Å²) >= 11 is 0. The molecular weight excluding hydrogens is 511 g/mol. The van der Waals surface area contributed by atoms with Crippen LogP contribution in [0.4, 0.5) is 23.7 Å². The number of likely N-dealkylation sites (tertiary alicyclic amines) is 1. The second-order valence-electron chi connectivity index (χ2n) is 11.0. The molecule has 0 radical (unpaired) electrons. The highest BCUT2D eigenvalue weighted by atomic mass is 19.4. The Hall–Kier alpha value is -3.27. The number of benzene rings is 2. The normalized spacial score (nSPS) is 20.0. The van der Waals surface area contributed by atoms with Gasteiger partial charge in [0.2, 0.25) is 5.91 Å². The number of nitrogens with one attached hydrogen (secondary N) is 1. The van der Waals surface area contributed by atoms with E-state index < -0.39 is 30.3 Å². The molecule has 2 aromatic carbocycles. The zero-order chi connectivity index (χ0) is 28.4. The van der Waals surface area contributed by atoms with Crippen LogP contribution < -0.4 is 15.0 Å². The van der Waals surface area contributed by atoms with Gasteiger partial charge < -0.3 is 19.7 Å². The summed E-state index contributed by atoms with van der Waals surface area (Å²) in [5.41, 5.74) is 1.86. The number of amides is 2. The van der Waals surface area contributed by atoms with E-state index in [1.807, 2.05) is 51.1 Å². The fraction of sp³-hybridized carbons (Fsp3) is 0.517. The fourth-order valence-corrected chi connectivity index (χ4v) is 5.34. The number of anilines is 1. The fourth-order valence-electron chi connectivity index (χ4n) is 5.34. The van der Waals surface area contributed by atoms with Crippen molar-refractivity contribution in [3.05, 3.63) is 59.2 Å². The molecular formula is C29H36F3N3O4. The number of carbonyl (C=O) groups excluding carboxylic acids is 2. The lowest BCUT2D eigenvalue weighted by molar-refractivity contribution is -0.132. The molecule has 2 aliphatic rings. The van der Waals surface area contributed by atoms with Gasteiger partial charge in [0.05, 0.1) is 13.2 Å². The van der Waals surface area contributed by atoms with Crippen molar-refractivity contribution in [2.75, 3.05) is 25.1 Å². The molecule has 1 N–H and O–H groups in total. The molecule has 0 unspecified atom stereocenters. The van der Waals surface area contributed by atoms with E-state index in [-0.39, 0.29) is 30.7 Å². The molecule has 39 heavy (non-hydrogen) atoms. The molecule has 0 aromatic heterocycles. The first-order valence-electron chi connectivity index (χ1n) is 13.2. The number of aryl methyl sites for hydroxylation is 1. The van der Waals surface area contributed by atoms with Gasteiger partial charge in [-0.25, -0.2) is 4.79 Å². The number of rotatable bonds is 6. The van der Waals surface area contributed by atoms with Crippen molar-refractivity contribution in [1.29, 1.82) is 0 Å². The van der Waals surface area contributed by atoms with Crippen LogP contribution >= 0.6 is 0 Å². The first-order chi connectivity index (χ1) is 18.4. The van der Waals surface area contributed by atoms with Gasteiger partial charge in [-0.3, -0.25) is 9.69 Å². The standard InChI is InChI=1S/C29H36F3N3O4/c1-28(2,3)39-27(37)34-14-8-11-22(26(34)19-9-6-5-7-10-19)33-17-21-15-23-20(16-24(21)38-4)12-13-25(36)35(23)18-29(30,31)32/h5-7,9-10,15-16,22,26,33H,8,11-14,17-18H2,1-4H3/t22-,26-/m0/s1. The van der Waals surface area contributed by atoms with Gasteiger partial charge >= 0.3 is 12.3 Å². The van der Waals surface area contributed by atoms with Crippen LogP contribution in [0.15, 0.2) is 42.5 Å². The molecule has 0 spiro atoms. The maximum absolute atomic E-state index is 13.3. The van der Waals surface area contributed by atoms with Crippen molar-refractivity contribution in [2.45, 2.75) is 76.9 Å². The van der Waals surface area contributed by atoms with E-state index in [0.29, 0.717) is 29.8 Å². The van der Waals surface area contributed by atoms with Crippen molar-refractivity contribution < 1.29 is 32.2 Å². The van der Waals surface area contributed by atoms with E-state index in [0.717, 1.165) is 23.3 Å². The lowest BCUT2D eigenvalue weighted by Crippen LogP contribution is -2.51. The number of carbonyl (C=O) groups is 2. The minimum Gasteiger partial charge on any atom is -0.496 e. The Balaban J connectivity index is 1.62. The summed E-state index contributed by atoms with van der Waals surface area (Å²) in [6, 6.07) is 12.6. The van der Waals surface area contributed by atoms with Gasteiger partial charge in [-0.1, -0.05) is 30.3 Å². The van der Waals surface area contributed by atoms with Crippen LogP contribution in [0.3, 0.4) is 0 Å². The molecule has 2 heterocycles. The van der Waals surface area contributed by atoms with E-state index in [1.54, 1.807) is 17.0 Å². The molecule has 7 nitrogen and oxygen atoms in total. The van der Waals surface area contributed by atoms with Gasteiger partial charge in [-0.2, -0.15) is 13.2 Å². The van der Waals surface area contributed by atoms with E-state index in [1.165, 1.54) is 7.11 Å². The van der Waals surface area contributed by atoms with Crippen LogP contribution in [-0.2, 0) is 22.5 Å². The Morgan fingerprint density at radius 2 is 1.82 bits per heavy atom. The smallest absolute Gasteiger partial charge is 0.410 e. The summed E-state index contributed by atoms with van der Waals surface area (Å²) < 4.78 is 51.1. The highest BCUT2D eigenvalue weighted by molar-refractivity contribution is 5.96. The predicted octanol–water partition coefficient (Wildman–Crippen LogP) is 5.77. The number of ether oxygens (including phenoxy) is 2. The highest BCUT2D eigenvalue weighted by Gasteiger charge is 2.39. The van der Waals surface area contributed by atoms with Gasteiger partial charge in [-0.05, 0) is 63.3 Å². The number of hydrogen-bond donors (Lipinski definition) is 1. The number of hydrogen-bond acceptors (Lipinski definition) is 5. The quantitative estimate of drug-likeness (QED) is 0.498. The minimum absolute atomic E-state index is 0.0190. The van der Waals surface area contributed by atoms with Gasteiger partial charge in [0, 0.05) is 36.8 Å². The zero-order valence-electron chi connectivity index (χ0n) is 22.8. The molecule has 1 saturated heterocycles. The van der Waals surface area contributed by atoms with Crippen molar-refractivity contribution in [3.63, 3.8) is 0 Å². The zero-order valence-corrected chi connectivity index (χ0v) is 22.8. The highest BCUT2D eigenvalue weighted by Crippen LogP contribution is 2.37. The molecule has 0 aliphatic carbocycles. The molecule has 2 aliphatic heterocycles. The van der Waals surface area contributed by atoms with Crippen molar-refractivity contribution in [3.8, 4) is 5.75 Å². The summed E-state index contributed by atoms with van der Waals surface area (Å²) in [6.45, 7) is 4.98. The second-order valence-corrected chi connectivity index (χ2v) is 11.0. The van der Waals surface area contributed by atoms with E-state index in [4.69, 9.17) is 9.47 Å². The first kappa shape index (κ1) is 28.7. The topological polar surface area (TPSA) is 71.1 Å². The summed E-state index contributed by atoms with van der Waals surface area (Å²) in [4.78, 5) is 28.2. The lowest BCUT2D eigenvalue weighted by atomic mass is 9.90. The Labute approximate surface area is 227 Å². The van der Waals surface area contributed by atoms with E-state index in [9.17, 15) is 22.8 Å². The number of nitrogens with zero attached hydrogens (tertiary/aromatic N) is 2. The largest absolute Gasteiger partial charge is 0.496 e. The van der Waals surface area contributed by atoms with E-state index >= 15 is 0 Å². The molecule has 2 amide bonds. The van der Waals surface area contributed by atoms with Crippen LogP contribution in [0.25, 0.3) is 0 Å². The monoisotopic (exact) mass is 547 g/mol.